The van der Waals surface area contributed by atoms with Gasteiger partial charge >= 0.3 is 0 Å². The fourth-order valence-corrected chi connectivity index (χ4v) is 2.48. The molecule has 0 saturated heterocycles. The highest BCUT2D eigenvalue weighted by Gasteiger charge is 2.11. The van der Waals surface area contributed by atoms with E-state index < -0.39 is 5.76 Å². The van der Waals surface area contributed by atoms with Crippen molar-refractivity contribution < 1.29 is 13.6 Å². The van der Waals surface area contributed by atoms with Crippen molar-refractivity contribution in [2.24, 2.45) is 0 Å². The average molecular weight is 307 g/mol. The molecule has 1 N–H and O–H groups in total. The van der Waals surface area contributed by atoms with Gasteiger partial charge in [-0.3, -0.25) is 4.79 Å². The van der Waals surface area contributed by atoms with Crippen LogP contribution in [0.1, 0.15) is 12.0 Å². The van der Waals surface area contributed by atoms with Gasteiger partial charge in [0, 0.05) is 11.3 Å². The molecule has 0 atom stereocenters. The van der Waals surface area contributed by atoms with Crippen molar-refractivity contribution in [1.29, 1.82) is 0 Å². The maximum absolute atomic E-state index is 12.5. The first-order valence-electron chi connectivity index (χ1n) is 6.53. The molecule has 5 heteroatoms. The Kier molecular flexibility index (Phi) is 5.75. The molecule has 0 aliphatic rings. The number of hydrogen-bond donors (Lipinski definition) is 1. The Labute approximate surface area is 126 Å². The van der Waals surface area contributed by atoms with E-state index in [-0.39, 0.29) is 5.91 Å². The van der Waals surface area contributed by atoms with E-state index >= 15 is 0 Å². The summed E-state index contributed by atoms with van der Waals surface area (Å²) in [7, 11) is 0. The molecule has 0 unspecified atom stereocenters. The SMILES string of the molecule is O=C(CCc1ccccc1)Nc1ccccc1SC(F)F. The van der Waals surface area contributed by atoms with Crippen LogP contribution in [-0.2, 0) is 11.2 Å². The number of carbonyl (C=O) groups excluding carboxylic acids is 1. The first-order valence-corrected chi connectivity index (χ1v) is 7.41. The lowest BCUT2D eigenvalue weighted by Crippen LogP contribution is -2.13. The molecule has 110 valence electrons. The molecule has 21 heavy (non-hydrogen) atoms. The van der Waals surface area contributed by atoms with Crippen LogP contribution in [0.5, 0.6) is 0 Å². The van der Waals surface area contributed by atoms with Crippen molar-refractivity contribution in [1.82, 2.24) is 0 Å². The number of carbonyl (C=O) groups is 1. The highest BCUT2D eigenvalue weighted by atomic mass is 32.2. The van der Waals surface area contributed by atoms with Crippen molar-refractivity contribution in [3.05, 3.63) is 60.2 Å². The Morgan fingerprint density at radius 2 is 1.71 bits per heavy atom. The number of anilines is 1. The van der Waals surface area contributed by atoms with Crippen LogP contribution >= 0.6 is 11.8 Å². The zero-order valence-corrected chi connectivity index (χ0v) is 12.1. The first-order chi connectivity index (χ1) is 10.1. The Hall–Kier alpha value is -1.88. The second-order valence-corrected chi connectivity index (χ2v) is 5.44. The van der Waals surface area contributed by atoms with E-state index in [4.69, 9.17) is 0 Å². The number of halogens is 2. The molecule has 2 aromatic carbocycles. The van der Waals surface area contributed by atoms with Gasteiger partial charge in [-0.1, -0.05) is 54.2 Å². The Morgan fingerprint density at radius 3 is 2.43 bits per heavy atom. The predicted molar refractivity (Wildman–Crippen MR) is 81.7 cm³/mol. The summed E-state index contributed by atoms with van der Waals surface area (Å²) in [6.07, 6.45) is 0.939. The minimum Gasteiger partial charge on any atom is -0.325 e. The number of alkyl halides is 2. The van der Waals surface area contributed by atoms with Crippen molar-refractivity contribution >= 4 is 23.4 Å². The maximum atomic E-state index is 12.5. The van der Waals surface area contributed by atoms with Gasteiger partial charge in [0.25, 0.3) is 5.76 Å². The summed E-state index contributed by atoms with van der Waals surface area (Å²) in [6.45, 7) is 0. The van der Waals surface area contributed by atoms with E-state index in [1.165, 1.54) is 0 Å². The number of hydrogen-bond acceptors (Lipinski definition) is 2. The molecule has 0 fully saturated rings. The molecule has 2 rings (SSSR count). The van der Waals surface area contributed by atoms with Crippen LogP contribution < -0.4 is 5.32 Å². The molecule has 0 heterocycles. The summed E-state index contributed by atoms with van der Waals surface area (Å²) in [5.74, 6) is -2.69. The highest BCUT2D eigenvalue weighted by Crippen LogP contribution is 2.31. The minimum atomic E-state index is -2.51. The number of aryl methyl sites for hydroxylation is 1. The topological polar surface area (TPSA) is 29.1 Å². The monoisotopic (exact) mass is 307 g/mol. The van der Waals surface area contributed by atoms with Gasteiger partial charge in [0.1, 0.15) is 0 Å². The standard InChI is InChI=1S/C16H15F2NOS/c17-16(18)21-14-9-5-4-8-13(14)19-15(20)11-10-12-6-2-1-3-7-12/h1-9,16H,10-11H2,(H,19,20). The lowest BCUT2D eigenvalue weighted by Gasteiger charge is -2.10. The van der Waals surface area contributed by atoms with Gasteiger partial charge < -0.3 is 5.32 Å². The summed E-state index contributed by atoms with van der Waals surface area (Å²) in [5, 5.41) is 2.69. The second-order valence-electron chi connectivity index (χ2n) is 4.41. The lowest BCUT2D eigenvalue weighted by atomic mass is 10.1. The van der Waals surface area contributed by atoms with Crippen LogP contribution in [-0.4, -0.2) is 11.7 Å². The number of amides is 1. The normalized spacial score (nSPS) is 10.6. The van der Waals surface area contributed by atoms with Crippen molar-refractivity contribution in [3.8, 4) is 0 Å². The van der Waals surface area contributed by atoms with E-state index in [9.17, 15) is 13.6 Å². The Bertz CT molecular complexity index is 590. The van der Waals surface area contributed by atoms with E-state index in [0.717, 1.165) is 5.56 Å². The molecule has 0 aromatic heterocycles. The van der Waals surface area contributed by atoms with Crippen LogP contribution in [0.4, 0.5) is 14.5 Å². The molecule has 0 saturated carbocycles. The van der Waals surface area contributed by atoms with E-state index in [0.29, 0.717) is 35.2 Å². The Morgan fingerprint density at radius 1 is 1.05 bits per heavy atom. The van der Waals surface area contributed by atoms with Crippen LogP contribution in [0, 0.1) is 0 Å². The maximum Gasteiger partial charge on any atom is 0.288 e. The summed E-state index contributed by atoms with van der Waals surface area (Å²) >= 11 is 0.433. The number of nitrogens with one attached hydrogen (secondary N) is 1. The van der Waals surface area contributed by atoms with E-state index in [1.54, 1.807) is 24.3 Å². The van der Waals surface area contributed by atoms with Gasteiger partial charge in [-0.25, -0.2) is 0 Å². The van der Waals surface area contributed by atoms with Gasteiger partial charge in [-0.05, 0) is 24.1 Å². The predicted octanol–water partition coefficient (Wildman–Crippen LogP) is 4.57. The van der Waals surface area contributed by atoms with E-state index in [1.807, 2.05) is 30.3 Å². The summed E-state index contributed by atoms with van der Waals surface area (Å²) < 4.78 is 24.9. The molecule has 1 amide bonds. The van der Waals surface area contributed by atoms with E-state index in [2.05, 4.69) is 5.32 Å². The third kappa shape index (κ3) is 5.19. The Balaban J connectivity index is 1.93. The summed E-state index contributed by atoms with van der Waals surface area (Å²) in [6, 6.07) is 16.2. The molecule has 2 nitrogen and oxygen atoms in total. The molecule has 0 bridgehead atoms. The number of rotatable bonds is 6. The average Bonchev–Trinajstić information content (AvgIpc) is 2.48. The zero-order chi connectivity index (χ0) is 15.1. The van der Waals surface area contributed by atoms with Gasteiger partial charge in [0.2, 0.25) is 5.91 Å². The molecule has 0 radical (unpaired) electrons. The number of thioether (sulfide) groups is 1. The third-order valence-corrected chi connectivity index (χ3v) is 3.65. The van der Waals surface area contributed by atoms with Crippen molar-refractivity contribution in [3.63, 3.8) is 0 Å². The minimum absolute atomic E-state index is 0.179. The van der Waals surface area contributed by atoms with Crippen LogP contribution in [0.2, 0.25) is 0 Å². The van der Waals surface area contributed by atoms with Crippen molar-refractivity contribution in [2.75, 3.05) is 5.32 Å². The first kappa shape index (κ1) is 15.5. The smallest absolute Gasteiger partial charge is 0.288 e. The molecular weight excluding hydrogens is 292 g/mol. The summed E-state index contributed by atoms with van der Waals surface area (Å²) in [4.78, 5) is 12.3. The molecular formula is C16H15F2NOS. The van der Waals surface area contributed by atoms with Gasteiger partial charge in [-0.2, -0.15) is 8.78 Å². The van der Waals surface area contributed by atoms with Crippen LogP contribution in [0.3, 0.4) is 0 Å². The van der Waals surface area contributed by atoms with Gasteiger partial charge in [0.15, 0.2) is 0 Å². The fraction of sp³-hybridized carbons (Fsp3) is 0.188. The third-order valence-electron chi connectivity index (χ3n) is 2.86. The highest BCUT2D eigenvalue weighted by molar-refractivity contribution is 7.99. The molecule has 0 spiro atoms. The second kappa shape index (κ2) is 7.78. The fourth-order valence-electron chi connectivity index (χ4n) is 1.88. The molecule has 0 aliphatic carbocycles. The lowest BCUT2D eigenvalue weighted by molar-refractivity contribution is -0.116. The largest absolute Gasteiger partial charge is 0.325 e. The van der Waals surface area contributed by atoms with Crippen LogP contribution in [0.25, 0.3) is 0 Å². The quantitative estimate of drug-likeness (QED) is 0.792. The summed E-state index contributed by atoms with van der Waals surface area (Å²) in [5.41, 5.74) is 1.50. The number of benzene rings is 2. The van der Waals surface area contributed by atoms with Gasteiger partial charge in [0.05, 0.1) is 5.69 Å². The molecule has 2 aromatic rings. The molecule has 0 aliphatic heterocycles. The van der Waals surface area contributed by atoms with Crippen molar-refractivity contribution in [2.45, 2.75) is 23.5 Å². The van der Waals surface area contributed by atoms with Gasteiger partial charge in [-0.15, -0.1) is 0 Å². The van der Waals surface area contributed by atoms with Crippen LogP contribution in [0.15, 0.2) is 59.5 Å². The zero-order valence-electron chi connectivity index (χ0n) is 11.3. The number of para-hydroxylation sites is 1.